The first kappa shape index (κ1) is 22.0. The van der Waals surface area contributed by atoms with Crippen LogP contribution in [0.3, 0.4) is 0 Å². The number of carbonyl (C=O) groups is 1. The maximum absolute atomic E-state index is 12.0. The van der Waals surface area contributed by atoms with Gasteiger partial charge in [-0.3, -0.25) is 9.69 Å². The van der Waals surface area contributed by atoms with Crippen molar-refractivity contribution in [3.8, 4) is 0 Å². The molecule has 2 unspecified atom stereocenters. The van der Waals surface area contributed by atoms with Crippen molar-refractivity contribution in [2.75, 3.05) is 53.4 Å². The lowest BCUT2D eigenvalue weighted by molar-refractivity contribution is -0.127. The van der Waals surface area contributed by atoms with E-state index in [0.29, 0.717) is 12.0 Å². The molecule has 0 bridgehead atoms. The van der Waals surface area contributed by atoms with Crippen LogP contribution in [-0.2, 0) is 4.79 Å². The summed E-state index contributed by atoms with van der Waals surface area (Å²) >= 11 is 0. The molecule has 2 rings (SSSR count). The van der Waals surface area contributed by atoms with Crippen LogP contribution in [0.2, 0.25) is 0 Å². The normalized spacial score (nSPS) is 22.3. The molecule has 2 aliphatic rings. The number of nitrogens with one attached hydrogen (secondary N) is 1. The van der Waals surface area contributed by atoms with Crippen molar-refractivity contribution in [1.82, 2.24) is 20.0 Å². The van der Waals surface area contributed by atoms with Crippen LogP contribution in [0.15, 0.2) is 4.99 Å². The highest BCUT2D eigenvalue weighted by Crippen LogP contribution is 2.20. The molecule has 156 valence electrons. The predicted molar refractivity (Wildman–Crippen MR) is 113 cm³/mol. The lowest BCUT2D eigenvalue weighted by Crippen LogP contribution is -2.44. The second-order valence-electron chi connectivity index (χ2n) is 8.36. The Hall–Kier alpha value is -1.30. The molecule has 2 saturated heterocycles. The van der Waals surface area contributed by atoms with Crippen LogP contribution in [0, 0.1) is 5.92 Å². The first-order valence-corrected chi connectivity index (χ1v) is 11.0. The van der Waals surface area contributed by atoms with Gasteiger partial charge in [0.1, 0.15) is 6.54 Å². The summed E-state index contributed by atoms with van der Waals surface area (Å²) in [7, 11) is 3.59. The fourth-order valence-electron chi connectivity index (χ4n) is 4.07. The Morgan fingerprint density at radius 1 is 1.22 bits per heavy atom. The lowest BCUT2D eigenvalue weighted by Gasteiger charge is -2.27. The Labute approximate surface area is 166 Å². The average Bonchev–Trinajstić information content (AvgIpc) is 3.35. The monoisotopic (exact) mass is 379 g/mol. The first-order valence-electron chi connectivity index (χ1n) is 11.0. The van der Waals surface area contributed by atoms with Gasteiger partial charge in [-0.2, -0.15) is 0 Å². The van der Waals surface area contributed by atoms with Crippen LogP contribution in [0.25, 0.3) is 0 Å². The molecular formula is C21H41N5O. The topological polar surface area (TPSA) is 51.2 Å². The number of likely N-dealkylation sites (N-methyl/N-ethyl adjacent to an activating group) is 1. The fraction of sp³-hybridized carbons (Fsp3) is 0.905. The molecule has 0 aromatic carbocycles. The number of carbonyl (C=O) groups excluding carboxylic acids is 1. The van der Waals surface area contributed by atoms with Gasteiger partial charge in [-0.15, -0.1) is 0 Å². The molecule has 2 atom stereocenters. The van der Waals surface area contributed by atoms with E-state index in [1.54, 1.807) is 19.0 Å². The first-order chi connectivity index (χ1) is 13.0. The summed E-state index contributed by atoms with van der Waals surface area (Å²) in [5.74, 6) is 1.67. The molecular weight excluding hydrogens is 338 g/mol. The molecule has 0 aromatic heterocycles. The minimum absolute atomic E-state index is 0.0580. The largest absolute Gasteiger partial charge is 0.356 e. The molecule has 0 aliphatic carbocycles. The number of aliphatic imine (C=N–C) groups is 1. The summed E-state index contributed by atoms with van der Waals surface area (Å²) in [4.78, 5) is 23.4. The van der Waals surface area contributed by atoms with Crippen LogP contribution in [0.4, 0.5) is 0 Å². The number of hydrogen-bond acceptors (Lipinski definition) is 3. The Balaban J connectivity index is 1.96. The molecule has 2 fully saturated rings. The zero-order chi connectivity index (χ0) is 19.6. The zero-order valence-corrected chi connectivity index (χ0v) is 18.0. The number of hydrogen-bond donors (Lipinski definition) is 1. The second kappa shape index (κ2) is 11.5. The molecule has 2 heterocycles. The van der Waals surface area contributed by atoms with Gasteiger partial charge in [0, 0.05) is 39.8 Å². The molecule has 1 N–H and O–H groups in total. The minimum atomic E-state index is 0.0580. The van der Waals surface area contributed by atoms with Crippen LogP contribution in [0.5, 0.6) is 0 Å². The van der Waals surface area contributed by atoms with Crippen molar-refractivity contribution in [1.29, 1.82) is 0 Å². The van der Waals surface area contributed by atoms with Gasteiger partial charge in [-0.25, -0.2) is 4.99 Å². The molecule has 6 heteroatoms. The molecule has 0 radical (unpaired) electrons. The van der Waals surface area contributed by atoms with Gasteiger partial charge in [0.15, 0.2) is 5.96 Å². The number of rotatable bonds is 9. The molecule has 6 nitrogen and oxygen atoms in total. The van der Waals surface area contributed by atoms with Gasteiger partial charge in [-0.05, 0) is 44.7 Å². The van der Waals surface area contributed by atoms with Gasteiger partial charge in [0.25, 0.3) is 0 Å². The van der Waals surface area contributed by atoms with E-state index in [1.165, 1.54) is 58.0 Å². The van der Waals surface area contributed by atoms with E-state index in [-0.39, 0.29) is 12.5 Å². The van der Waals surface area contributed by atoms with E-state index in [0.717, 1.165) is 25.6 Å². The van der Waals surface area contributed by atoms with E-state index in [9.17, 15) is 4.79 Å². The summed E-state index contributed by atoms with van der Waals surface area (Å²) in [6, 6.07) is 0.645. The molecule has 2 aliphatic heterocycles. The van der Waals surface area contributed by atoms with Gasteiger partial charge in [0.2, 0.25) is 5.91 Å². The number of unbranched alkanes of at least 4 members (excludes halogenated alkanes) is 1. The maximum Gasteiger partial charge on any atom is 0.243 e. The number of guanidine groups is 1. The van der Waals surface area contributed by atoms with Crippen LogP contribution >= 0.6 is 0 Å². The highest BCUT2D eigenvalue weighted by Gasteiger charge is 2.31. The van der Waals surface area contributed by atoms with Crippen LogP contribution < -0.4 is 5.32 Å². The van der Waals surface area contributed by atoms with Crippen molar-refractivity contribution in [2.45, 2.75) is 64.8 Å². The number of nitrogens with zero attached hydrogens (tertiary/aromatic N) is 4. The van der Waals surface area contributed by atoms with Crippen molar-refractivity contribution in [3.05, 3.63) is 0 Å². The van der Waals surface area contributed by atoms with E-state index in [4.69, 9.17) is 4.99 Å². The highest BCUT2D eigenvalue weighted by molar-refractivity contribution is 5.85. The minimum Gasteiger partial charge on any atom is -0.356 e. The molecule has 0 aromatic rings. The predicted octanol–water partition coefficient (Wildman–Crippen LogP) is 2.41. The van der Waals surface area contributed by atoms with E-state index in [1.807, 2.05) is 0 Å². The van der Waals surface area contributed by atoms with Gasteiger partial charge < -0.3 is 15.1 Å². The molecule has 27 heavy (non-hydrogen) atoms. The smallest absolute Gasteiger partial charge is 0.243 e. The standard InChI is InChI=1S/C21H41N5O/c1-5-7-10-18(6-2)15-22-21(23-16-20(27)24(3)4)26-14-11-19(17-26)25-12-8-9-13-25/h18-19H,5-17H2,1-4H3,(H,22,23). The highest BCUT2D eigenvalue weighted by atomic mass is 16.2. The second-order valence-corrected chi connectivity index (χ2v) is 8.36. The number of amides is 1. The molecule has 0 saturated carbocycles. The third-order valence-corrected chi connectivity index (χ3v) is 6.07. The van der Waals surface area contributed by atoms with Crippen LogP contribution in [0.1, 0.15) is 58.8 Å². The molecule has 0 spiro atoms. The Morgan fingerprint density at radius 2 is 1.96 bits per heavy atom. The van der Waals surface area contributed by atoms with E-state index in [2.05, 4.69) is 29.0 Å². The Kier molecular flexibility index (Phi) is 9.39. The number of likely N-dealkylation sites (tertiary alicyclic amines) is 2. The SMILES string of the molecule is CCCCC(CC)CNC(=NCC(=O)N(C)C)N1CCC(N2CCCC2)C1. The van der Waals surface area contributed by atoms with E-state index < -0.39 is 0 Å². The van der Waals surface area contributed by atoms with E-state index >= 15 is 0 Å². The van der Waals surface area contributed by atoms with Gasteiger partial charge >= 0.3 is 0 Å². The van der Waals surface area contributed by atoms with Crippen molar-refractivity contribution in [3.63, 3.8) is 0 Å². The molecule has 1 amide bonds. The summed E-state index contributed by atoms with van der Waals surface area (Å²) in [5, 5.41) is 3.61. The fourth-order valence-corrected chi connectivity index (χ4v) is 4.07. The third-order valence-electron chi connectivity index (χ3n) is 6.07. The third kappa shape index (κ3) is 6.98. The van der Waals surface area contributed by atoms with Gasteiger partial charge in [-0.1, -0.05) is 33.1 Å². The summed E-state index contributed by atoms with van der Waals surface area (Å²) in [6.45, 7) is 10.3. The van der Waals surface area contributed by atoms with Crippen molar-refractivity contribution >= 4 is 11.9 Å². The quantitative estimate of drug-likeness (QED) is 0.494. The maximum atomic E-state index is 12.0. The Morgan fingerprint density at radius 3 is 2.59 bits per heavy atom. The summed E-state index contributed by atoms with van der Waals surface area (Å²) < 4.78 is 0. The van der Waals surface area contributed by atoms with Gasteiger partial charge in [0.05, 0.1) is 0 Å². The zero-order valence-electron chi connectivity index (χ0n) is 18.0. The lowest BCUT2D eigenvalue weighted by atomic mass is 9.99. The van der Waals surface area contributed by atoms with Crippen molar-refractivity contribution in [2.24, 2.45) is 10.9 Å². The summed E-state index contributed by atoms with van der Waals surface area (Å²) in [6.07, 6.45) is 8.86. The van der Waals surface area contributed by atoms with Crippen molar-refractivity contribution < 1.29 is 4.79 Å². The average molecular weight is 380 g/mol. The Bertz CT molecular complexity index is 473. The summed E-state index contributed by atoms with van der Waals surface area (Å²) in [5.41, 5.74) is 0. The van der Waals surface area contributed by atoms with Crippen LogP contribution in [-0.4, -0.2) is 86.0 Å².